The van der Waals surface area contributed by atoms with Crippen LogP contribution >= 0.6 is 8.58 Å². The fraction of sp³-hybridized carbons (Fsp3) is 0.571. The molecule has 0 spiro atoms. The summed E-state index contributed by atoms with van der Waals surface area (Å²) in [5.74, 6) is 0. The number of hydrogen-bond donors (Lipinski definition) is 0. The van der Waals surface area contributed by atoms with Crippen molar-refractivity contribution in [1.82, 2.24) is 0 Å². The van der Waals surface area contributed by atoms with Gasteiger partial charge in [-0.2, -0.15) is 0 Å². The van der Waals surface area contributed by atoms with Crippen molar-refractivity contribution in [2.75, 3.05) is 6.16 Å². The molecule has 0 aromatic heterocycles. The van der Waals surface area contributed by atoms with Gasteiger partial charge in [0.1, 0.15) is 0 Å². The zero-order chi connectivity index (χ0) is 11.1. The maximum absolute atomic E-state index is 2.34. The summed E-state index contributed by atoms with van der Waals surface area (Å²) in [5.41, 5.74) is 2.82. The molecule has 0 aliphatic rings. The summed E-state index contributed by atoms with van der Waals surface area (Å²) in [6, 6.07) is 6.93. The summed E-state index contributed by atoms with van der Waals surface area (Å²) >= 11 is 0. The smallest absolute Gasteiger partial charge is 0.0266 e. The van der Waals surface area contributed by atoms with Crippen molar-refractivity contribution in [1.29, 1.82) is 0 Å². The van der Waals surface area contributed by atoms with E-state index in [4.69, 9.17) is 0 Å². The van der Waals surface area contributed by atoms with Crippen molar-refractivity contribution in [3.63, 3.8) is 0 Å². The molecule has 0 saturated carbocycles. The van der Waals surface area contributed by atoms with E-state index in [1.165, 1.54) is 43.0 Å². The van der Waals surface area contributed by atoms with Gasteiger partial charge in [0.05, 0.1) is 0 Å². The van der Waals surface area contributed by atoms with Crippen LogP contribution < -0.4 is 5.30 Å². The highest BCUT2D eigenvalue weighted by molar-refractivity contribution is 7.47. The van der Waals surface area contributed by atoms with Crippen molar-refractivity contribution in [2.45, 2.75) is 46.5 Å². The molecule has 0 amide bonds. The number of unbranched alkanes of at least 4 members (excludes halogenated alkanes) is 3. The summed E-state index contributed by atoms with van der Waals surface area (Å²) in [6.07, 6.45) is 6.93. The molecule has 0 nitrogen and oxygen atoms in total. The molecule has 1 unspecified atom stereocenters. The van der Waals surface area contributed by atoms with Gasteiger partial charge in [-0.05, 0) is 31.7 Å². The average molecular weight is 222 g/mol. The number of benzene rings is 1. The lowest BCUT2D eigenvalue weighted by Crippen LogP contribution is -1.97. The molecular weight excluding hydrogens is 199 g/mol. The molecule has 0 bridgehead atoms. The Morgan fingerprint density at radius 2 is 1.60 bits per heavy atom. The third-order valence-electron chi connectivity index (χ3n) is 2.58. The van der Waals surface area contributed by atoms with E-state index in [0.717, 1.165) is 8.58 Å². The third-order valence-corrected chi connectivity index (χ3v) is 3.88. The van der Waals surface area contributed by atoms with Crippen LogP contribution in [0, 0.1) is 13.8 Å². The first-order chi connectivity index (χ1) is 7.22. The van der Waals surface area contributed by atoms with Crippen molar-refractivity contribution in [3.8, 4) is 0 Å². The van der Waals surface area contributed by atoms with Crippen LogP contribution in [-0.2, 0) is 0 Å². The van der Waals surface area contributed by atoms with E-state index >= 15 is 0 Å². The van der Waals surface area contributed by atoms with Crippen LogP contribution in [0.2, 0.25) is 0 Å². The van der Waals surface area contributed by atoms with Crippen molar-refractivity contribution >= 4 is 13.9 Å². The van der Waals surface area contributed by atoms with E-state index in [2.05, 4.69) is 39.0 Å². The topological polar surface area (TPSA) is 0 Å². The van der Waals surface area contributed by atoms with Gasteiger partial charge in [0.2, 0.25) is 0 Å². The van der Waals surface area contributed by atoms with Crippen molar-refractivity contribution < 1.29 is 0 Å². The Morgan fingerprint density at radius 1 is 0.933 bits per heavy atom. The standard InChI is InChI=1S/C14H23P/c1-4-5-6-7-8-15-14-10-12(2)9-13(3)11-14/h9-11,15H,4-8H2,1-3H3. The number of aryl methyl sites for hydroxylation is 2. The van der Waals surface area contributed by atoms with Gasteiger partial charge in [-0.1, -0.05) is 64.1 Å². The Kier molecular flexibility index (Phi) is 5.95. The Bertz CT molecular complexity index is 271. The minimum absolute atomic E-state index is 1.01. The van der Waals surface area contributed by atoms with E-state index in [1.807, 2.05) is 0 Å². The Morgan fingerprint density at radius 3 is 2.20 bits per heavy atom. The lowest BCUT2D eigenvalue weighted by atomic mass is 10.2. The largest absolute Gasteiger partial charge is 0.0904 e. The molecule has 0 saturated heterocycles. The minimum Gasteiger partial charge on any atom is -0.0904 e. The van der Waals surface area contributed by atoms with Crippen LogP contribution in [0.3, 0.4) is 0 Å². The maximum Gasteiger partial charge on any atom is -0.0266 e. The van der Waals surface area contributed by atoms with Gasteiger partial charge >= 0.3 is 0 Å². The lowest BCUT2D eigenvalue weighted by molar-refractivity contribution is 0.706. The summed E-state index contributed by atoms with van der Waals surface area (Å²) in [7, 11) is 1.01. The molecule has 0 radical (unpaired) electrons. The molecule has 0 N–H and O–H groups in total. The van der Waals surface area contributed by atoms with Crippen LogP contribution in [-0.4, -0.2) is 6.16 Å². The first-order valence-corrected chi connectivity index (χ1v) is 7.25. The van der Waals surface area contributed by atoms with Crippen molar-refractivity contribution in [3.05, 3.63) is 29.3 Å². The molecule has 0 fully saturated rings. The van der Waals surface area contributed by atoms with E-state index in [-0.39, 0.29) is 0 Å². The molecular formula is C14H23P. The number of hydrogen-bond acceptors (Lipinski definition) is 0. The molecule has 1 rings (SSSR count). The Hall–Kier alpha value is -0.350. The fourth-order valence-corrected chi connectivity index (χ4v) is 3.24. The molecule has 1 heteroatoms. The molecule has 1 aromatic rings. The molecule has 1 atom stereocenters. The highest BCUT2D eigenvalue weighted by Gasteiger charge is 1.96. The quantitative estimate of drug-likeness (QED) is 0.500. The predicted molar refractivity (Wildman–Crippen MR) is 72.9 cm³/mol. The van der Waals surface area contributed by atoms with Gasteiger partial charge in [-0.15, -0.1) is 0 Å². The minimum atomic E-state index is 1.01. The maximum atomic E-state index is 2.34. The second-order valence-electron chi connectivity index (χ2n) is 4.36. The molecule has 15 heavy (non-hydrogen) atoms. The average Bonchev–Trinajstić information content (AvgIpc) is 2.16. The Labute approximate surface area is 96.3 Å². The SMILES string of the molecule is CCCCCCPc1cc(C)cc(C)c1. The van der Waals surface area contributed by atoms with Crippen LogP contribution in [0.4, 0.5) is 0 Å². The lowest BCUT2D eigenvalue weighted by Gasteiger charge is -2.05. The van der Waals surface area contributed by atoms with Gasteiger partial charge in [0.15, 0.2) is 0 Å². The zero-order valence-corrected chi connectivity index (χ0v) is 11.3. The second kappa shape index (κ2) is 7.01. The normalized spacial score (nSPS) is 11.4. The molecule has 0 heterocycles. The predicted octanol–water partition coefficient (Wildman–Crippen LogP) is 4.19. The van der Waals surface area contributed by atoms with Crippen LogP contribution in [0.25, 0.3) is 0 Å². The monoisotopic (exact) mass is 222 g/mol. The highest BCUT2D eigenvalue weighted by Crippen LogP contribution is 2.16. The Balaban J connectivity index is 2.31. The molecule has 0 aliphatic carbocycles. The van der Waals surface area contributed by atoms with E-state index < -0.39 is 0 Å². The van der Waals surface area contributed by atoms with Crippen LogP contribution in [0.1, 0.15) is 43.7 Å². The van der Waals surface area contributed by atoms with Crippen LogP contribution in [0.5, 0.6) is 0 Å². The summed E-state index contributed by atoms with van der Waals surface area (Å²) in [6.45, 7) is 6.66. The fourth-order valence-electron chi connectivity index (χ4n) is 1.86. The number of rotatable bonds is 6. The highest BCUT2D eigenvalue weighted by atomic mass is 31.1. The molecule has 0 aliphatic heterocycles. The zero-order valence-electron chi connectivity index (χ0n) is 10.3. The van der Waals surface area contributed by atoms with Gasteiger partial charge in [-0.25, -0.2) is 0 Å². The molecule has 84 valence electrons. The van der Waals surface area contributed by atoms with Crippen LogP contribution in [0.15, 0.2) is 18.2 Å². The van der Waals surface area contributed by atoms with E-state index in [0.29, 0.717) is 0 Å². The van der Waals surface area contributed by atoms with Crippen molar-refractivity contribution in [2.24, 2.45) is 0 Å². The van der Waals surface area contributed by atoms with Gasteiger partial charge < -0.3 is 0 Å². The van der Waals surface area contributed by atoms with Gasteiger partial charge in [0.25, 0.3) is 0 Å². The summed E-state index contributed by atoms with van der Waals surface area (Å²) in [5, 5.41) is 1.55. The van der Waals surface area contributed by atoms with Gasteiger partial charge in [-0.3, -0.25) is 0 Å². The van der Waals surface area contributed by atoms with E-state index in [1.54, 1.807) is 5.30 Å². The molecule has 1 aromatic carbocycles. The first-order valence-electron chi connectivity index (χ1n) is 6.04. The summed E-state index contributed by atoms with van der Waals surface area (Å²) < 4.78 is 0. The second-order valence-corrected chi connectivity index (χ2v) is 5.79. The van der Waals surface area contributed by atoms with Gasteiger partial charge in [0, 0.05) is 0 Å². The first kappa shape index (κ1) is 12.7. The third kappa shape index (κ3) is 5.33. The van der Waals surface area contributed by atoms with E-state index in [9.17, 15) is 0 Å². The summed E-state index contributed by atoms with van der Waals surface area (Å²) in [4.78, 5) is 0.